The number of carbonyl (C=O) groups excluding carboxylic acids is 4. The van der Waals surface area contributed by atoms with Gasteiger partial charge >= 0.3 is 23.9 Å². The molecular weight excluding hydrogens is 664 g/mol. The van der Waals surface area contributed by atoms with E-state index < -0.39 is 59.1 Å². The molecule has 2 atom stereocenters. The SMILES string of the molecule is CC(C)(C)OC(=O)COC[C@@H](O)[C@@H](CO)N1CCN(CC(=O)OC(C)(C)C)CCN(CC(=O)OC(C)(C)C)CCN(CC(=O)OC(C)(C)C)CC1. The Kier molecular flexibility index (Phi) is 19.0. The van der Waals surface area contributed by atoms with E-state index in [-0.39, 0.29) is 38.8 Å². The van der Waals surface area contributed by atoms with Crippen LogP contribution in [-0.2, 0) is 42.9 Å². The molecule has 1 rings (SSSR count). The first-order valence-electron chi connectivity index (χ1n) is 17.9. The molecule has 0 radical (unpaired) electrons. The van der Waals surface area contributed by atoms with Gasteiger partial charge < -0.3 is 33.9 Å². The third-order valence-electron chi connectivity index (χ3n) is 7.22. The van der Waals surface area contributed by atoms with Crippen LogP contribution in [0.1, 0.15) is 83.1 Å². The Balaban J connectivity index is 3.33. The first-order chi connectivity index (χ1) is 23.2. The minimum atomic E-state index is -1.17. The molecule has 0 aromatic rings. The van der Waals surface area contributed by atoms with E-state index in [9.17, 15) is 29.4 Å². The largest absolute Gasteiger partial charge is 0.459 e. The summed E-state index contributed by atoms with van der Waals surface area (Å²) < 4.78 is 27.6. The van der Waals surface area contributed by atoms with E-state index in [1.807, 2.05) is 40.4 Å². The van der Waals surface area contributed by atoms with E-state index in [1.54, 1.807) is 62.3 Å². The number of rotatable bonds is 13. The zero-order chi connectivity index (χ0) is 39.2. The third-order valence-corrected chi connectivity index (χ3v) is 7.22. The summed E-state index contributed by atoms with van der Waals surface area (Å²) in [6, 6.07) is -0.790. The summed E-state index contributed by atoms with van der Waals surface area (Å²) in [5.41, 5.74) is -2.70. The Bertz CT molecular complexity index is 1050. The second-order valence-corrected chi connectivity index (χ2v) is 17.0. The molecule has 1 heterocycles. The highest BCUT2D eigenvalue weighted by Gasteiger charge is 2.30. The summed E-state index contributed by atoms with van der Waals surface area (Å²) in [5, 5.41) is 21.7. The van der Waals surface area contributed by atoms with Crippen molar-refractivity contribution in [2.75, 3.05) is 91.8 Å². The first kappa shape index (κ1) is 46.6. The normalized spacial score (nSPS) is 18.5. The van der Waals surface area contributed by atoms with Crippen LogP contribution in [0.15, 0.2) is 0 Å². The molecule has 51 heavy (non-hydrogen) atoms. The van der Waals surface area contributed by atoms with Gasteiger partial charge in [-0.05, 0) is 83.1 Å². The molecule has 298 valence electrons. The summed E-state index contributed by atoms with van der Waals surface area (Å²) in [7, 11) is 0. The number of carbonyl (C=O) groups is 4. The van der Waals surface area contributed by atoms with Crippen LogP contribution in [0.2, 0.25) is 0 Å². The van der Waals surface area contributed by atoms with E-state index in [4.69, 9.17) is 23.7 Å². The molecular formula is C36H68N4O11. The number of esters is 4. The molecule has 15 nitrogen and oxygen atoms in total. The lowest BCUT2D eigenvalue weighted by atomic mass is 10.1. The van der Waals surface area contributed by atoms with Gasteiger partial charge in [0.25, 0.3) is 0 Å². The van der Waals surface area contributed by atoms with E-state index in [1.165, 1.54) is 0 Å². The van der Waals surface area contributed by atoms with Crippen LogP contribution >= 0.6 is 0 Å². The average molecular weight is 733 g/mol. The smallest absolute Gasteiger partial charge is 0.332 e. The zero-order valence-corrected chi connectivity index (χ0v) is 33.4. The monoisotopic (exact) mass is 732 g/mol. The van der Waals surface area contributed by atoms with Crippen LogP contribution in [0.4, 0.5) is 0 Å². The van der Waals surface area contributed by atoms with Crippen molar-refractivity contribution in [3.63, 3.8) is 0 Å². The molecule has 1 aliphatic rings. The number of hydrogen-bond acceptors (Lipinski definition) is 15. The topological polar surface area (TPSA) is 168 Å². The lowest BCUT2D eigenvalue weighted by Crippen LogP contribution is -2.54. The minimum Gasteiger partial charge on any atom is -0.459 e. The highest BCUT2D eigenvalue weighted by atomic mass is 16.6. The van der Waals surface area contributed by atoms with E-state index in [0.29, 0.717) is 52.4 Å². The second kappa shape index (κ2) is 20.7. The molecule has 0 aromatic heterocycles. The average Bonchev–Trinajstić information content (AvgIpc) is 2.90. The fourth-order valence-electron chi connectivity index (χ4n) is 5.25. The van der Waals surface area contributed by atoms with Crippen molar-refractivity contribution in [2.24, 2.45) is 0 Å². The molecule has 1 aliphatic heterocycles. The predicted molar refractivity (Wildman–Crippen MR) is 192 cm³/mol. The number of aliphatic hydroxyl groups is 2. The van der Waals surface area contributed by atoms with Crippen molar-refractivity contribution in [1.29, 1.82) is 0 Å². The predicted octanol–water partition coefficient (Wildman–Crippen LogP) is 1.31. The molecule has 0 amide bonds. The van der Waals surface area contributed by atoms with Gasteiger partial charge in [0.15, 0.2) is 0 Å². The van der Waals surface area contributed by atoms with Gasteiger partial charge in [0, 0.05) is 52.4 Å². The van der Waals surface area contributed by atoms with Crippen molar-refractivity contribution in [3.8, 4) is 0 Å². The molecule has 1 saturated heterocycles. The number of hydrogen-bond donors (Lipinski definition) is 2. The highest BCUT2D eigenvalue weighted by Crippen LogP contribution is 2.14. The summed E-state index contributed by atoms with van der Waals surface area (Å²) in [5.74, 6) is -1.76. The maximum atomic E-state index is 13.0. The van der Waals surface area contributed by atoms with Crippen LogP contribution < -0.4 is 0 Å². The summed E-state index contributed by atoms with van der Waals surface area (Å²) in [6.07, 6.45) is -1.17. The summed E-state index contributed by atoms with van der Waals surface area (Å²) in [6.45, 7) is 23.4. The van der Waals surface area contributed by atoms with Crippen molar-refractivity contribution >= 4 is 23.9 Å². The standard InChI is InChI=1S/C36H68N4O11/c1-33(2,3)48-29(43)21-37-13-15-38(22-30(44)49-34(4,5)6)17-19-40(20-18-39(16-14-37)23-31(45)50-35(7,8)9)27(24-41)28(42)25-47-26-32(46)51-36(10,11)12/h27-28,41-42H,13-26H2,1-12H3/t27-,28-/m1/s1. The number of aliphatic hydroxyl groups excluding tert-OH is 2. The molecule has 15 heteroatoms. The second-order valence-electron chi connectivity index (χ2n) is 17.0. The highest BCUT2D eigenvalue weighted by molar-refractivity contribution is 5.73. The molecule has 0 unspecified atom stereocenters. The third kappa shape index (κ3) is 23.0. The molecule has 0 bridgehead atoms. The van der Waals surface area contributed by atoms with E-state index in [0.717, 1.165) is 0 Å². The summed E-state index contributed by atoms with van der Waals surface area (Å²) >= 11 is 0. The van der Waals surface area contributed by atoms with Gasteiger partial charge in [-0.2, -0.15) is 0 Å². The lowest BCUT2D eigenvalue weighted by molar-refractivity contribution is -0.162. The van der Waals surface area contributed by atoms with Crippen molar-refractivity contribution in [3.05, 3.63) is 0 Å². The molecule has 2 N–H and O–H groups in total. The van der Waals surface area contributed by atoms with Gasteiger partial charge in [0.05, 0.1) is 45.0 Å². The van der Waals surface area contributed by atoms with Crippen molar-refractivity contribution < 1.29 is 53.1 Å². The van der Waals surface area contributed by atoms with Gasteiger partial charge in [0.2, 0.25) is 0 Å². The van der Waals surface area contributed by atoms with Crippen LogP contribution in [0.3, 0.4) is 0 Å². The lowest BCUT2D eigenvalue weighted by Gasteiger charge is -2.38. The molecule has 1 fully saturated rings. The van der Waals surface area contributed by atoms with E-state index in [2.05, 4.69) is 0 Å². The van der Waals surface area contributed by atoms with Gasteiger partial charge in [-0.1, -0.05) is 0 Å². The maximum Gasteiger partial charge on any atom is 0.332 e. The fraction of sp³-hybridized carbons (Fsp3) is 0.889. The summed E-state index contributed by atoms with van der Waals surface area (Å²) in [4.78, 5) is 58.6. The van der Waals surface area contributed by atoms with Gasteiger partial charge in [-0.15, -0.1) is 0 Å². The Labute approximate surface area is 305 Å². The Morgan fingerprint density at radius 1 is 0.529 bits per heavy atom. The van der Waals surface area contributed by atoms with Gasteiger partial charge in [-0.25, -0.2) is 4.79 Å². The van der Waals surface area contributed by atoms with Gasteiger partial charge in [-0.3, -0.25) is 34.0 Å². The van der Waals surface area contributed by atoms with Crippen molar-refractivity contribution in [1.82, 2.24) is 19.6 Å². The quantitative estimate of drug-likeness (QED) is 0.205. The molecule has 0 saturated carbocycles. The van der Waals surface area contributed by atoms with Crippen LogP contribution in [0.5, 0.6) is 0 Å². The minimum absolute atomic E-state index is 0.0124. The Hall–Kier alpha value is -2.40. The number of nitrogens with zero attached hydrogens (tertiary/aromatic N) is 4. The fourth-order valence-corrected chi connectivity index (χ4v) is 5.25. The Morgan fingerprint density at radius 3 is 1.12 bits per heavy atom. The first-order valence-corrected chi connectivity index (χ1v) is 17.9. The molecule has 0 aromatic carbocycles. The Morgan fingerprint density at radius 2 is 0.824 bits per heavy atom. The van der Waals surface area contributed by atoms with Crippen molar-refractivity contribution in [2.45, 2.75) is 118 Å². The van der Waals surface area contributed by atoms with Crippen LogP contribution in [-0.4, -0.2) is 180 Å². The van der Waals surface area contributed by atoms with Crippen LogP contribution in [0, 0.1) is 0 Å². The zero-order valence-electron chi connectivity index (χ0n) is 33.4. The van der Waals surface area contributed by atoms with Gasteiger partial charge in [0.1, 0.15) is 29.0 Å². The maximum absolute atomic E-state index is 13.0. The van der Waals surface area contributed by atoms with E-state index >= 15 is 0 Å². The molecule has 0 aliphatic carbocycles. The van der Waals surface area contributed by atoms with Crippen LogP contribution in [0.25, 0.3) is 0 Å². The molecule has 0 spiro atoms. The number of ether oxygens (including phenoxy) is 5.